The van der Waals surface area contributed by atoms with Crippen molar-refractivity contribution in [1.29, 1.82) is 0 Å². The van der Waals surface area contributed by atoms with Crippen LogP contribution in [0.1, 0.15) is 41.1 Å². The highest BCUT2D eigenvalue weighted by Crippen LogP contribution is 2.43. The molecule has 6 nitrogen and oxygen atoms in total. The van der Waals surface area contributed by atoms with Crippen molar-refractivity contribution in [2.45, 2.75) is 56.5 Å². The zero-order valence-corrected chi connectivity index (χ0v) is 22.1. The van der Waals surface area contributed by atoms with E-state index in [1.54, 1.807) is 29.6 Å². The quantitative estimate of drug-likeness (QED) is 0.560. The van der Waals surface area contributed by atoms with Gasteiger partial charge >= 0.3 is 0 Å². The van der Waals surface area contributed by atoms with Gasteiger partial charge in [-0.25, -0.2) is 8.42 Å². The number of hydrogen-bond acceptors (Lipinski definition) is 5. The summed E-state index contributed by atoms with van der Waals surface area (Å²) in [5.41, 5.74) is 6.62. The summed E-state index contributed by atoms with van der Waals surface area (Å²) in [6.45, 7) is 7.89. The number of benzene rings is 2. The van der Waals surface area contributed by atoms with Crippen LogP contribution in [0, 0.1) is 20.8 Å². The molecule has 36 heavy (non-hydrogen) atoms. The van der Waals surface area contributed by atoms with Gasteiger partial charge < -0.3 is 5.11 Å². The molecule has 7 heteroatoms. The van der Waals surface area contributed by atoms with Crippen LogP contribution in [0.25, 0.3) is 11.1 Å². The second-order valence-electron chi connectivity index (χ2n) is 10.1. The Bertz CT molecular complexity index is 1340. The maximum absolute atomic E-state index is 13.6. The van der Waals surface area contributed by atoms with Gasteiger partial charge in [0.1, 0.15) is 4.90 Å². The second-order valence-corrected chi connectivity index (χ2v) is 12.0. The normalized spacial score (nSPS) is 23.4. The molecule has 0 bridgehead atoms. The molecular weight excluding hydrogens is 470 g/mol. The lowest BCUT2D eigenvalue weighted by molar-refractivity contribution is -0.0553. The minimum Gasteiger partial charge on any atom is -0.395 e. The van der Waals surface area contributed by atoms with Crippen molar-refractivity contribution >= 4 is 10.0 Å². The van der Waals surface area contributed by atoms with E-state index in [2.05, 4.69) is 66.2 Å². The van der Waals surface area contributed by atoms with Crippen LogP contribution in [0.2, 0.25) is 0 Å². The third kappa shape index (κ3) is 4.39. The number of aromatic nitrogens is 1. The van der Waals surface area contributed by atoms with Gasteiger partial charge in [0.15, 0.2) is 0 Å². The number of pyridine rings is 1. The van der Waals surface area contributed by atoms with Crippen molar-refractivity contribution < 1.29 is 13.5 Å². The molecule has 5 rings (SSSR count). The van der Waals surface area contributed by atoms with Crippen LogP contribution in [0.15, 0.2) is 65.7 Å². The second kappa shape index (κ2) is 10.1. The molecule has 2 aromatic carbocycles. The predicted molar refractivity (Wildman–Crippen MR) is 142 cm³/mol. The molecule has 0 saturated carbocycles. The monoisotopic (exact) mass is 505 g/mol. The minimum atomic E-state index is -3.65. The first kappa shape index (κ1) is 25.1. The first-order valence-corrected chi connectivity index (χ1v) is 14.2. The molecule has 0 amide bonds. The number of sulfonamides is 1. The SMILES string of the molecule is Cc1cccc(-c2ccc([C@@H]3[C@@H](CO)N4CCCCN(S(=O)(=O)c5cccnc5C)C[C@@H]34)cc2)c1C. The highest BCUT2D eigenvalue weighted by atomic mass is 32.2. The van der Waals surface area contributed by atoms with Gasteiger partial charge in [0.2, 0.25) is 10.0 Å². The van der Waals surface area contributed by atoms with Gasteiger partial charge in [-0.05, 0) is 80.1 Å². The molecular formula is C29H35N3O3S. The first-order chi connectivity index (χ1) is 17.3. The molecule has 0 aliphatic carbocycles. The van der Waals surface area contributed by atoms with Crippen molar-refractivity contribution in [3.63, 3.8) is 0 Å². The van der Waals surface area contributed by atoms with E-state index in [0.717, 1.165) is 24.9 Å². The Morgan fingerprint density at radius 3 is 2.44 bits per heavy atom. The largest absolute Gasteiger partial charge is 0.395 e. The van der Waals surface area contributed by atoms with Gasteiger partial charge in [0.05, 0.1) is 12.3 Å². The zero-order valence-electron chi connectivity index (χ0n) is 21.3. The van der Waals surface area contributed by atoms with Gasteiger partial charge in [-0.15, -0.1) is 0 Å². The fraction of sp³-hybridized carbons (Fsp3) is 0.414. The Morgan fingerprint density at radius 2 is 1.72 bits per heavy atom. The van der Waals surface area contributed by atoms with E-state index in [1.165, 1.54) is 22.3 Å². The van der Waals surface area contributed by atoms with Crippen LogP contribution in [0.5, 0.6) is 0 Å². The summed E-state index contributed by atoms with van der Waals surface area (Å²) >= 11 is 0. The van der Waals surface area contributed by atoms with Gasteiger partial charge in [-0.2, -0.15) is 4.31 Å². The molecule has 3 atom stereocenters. The summed E-state index contributed by atoms with van der Waals surface area (Å²) in [6, 6.07) is 18.4. The molecule has 1 aromatic heterocycles. The highest BCUT2D eigenvalue weighted by Gasteiger charge is 2.50. The molecule has 0 unspecified atom stereocenters. The van der Waals surface area contributed by atoms with Crippen molar-refractivity contribution in [1.82, 2.24) is 14.2 Å². The maximum Gasteiger partial charge on any atom is 0.244 e. The predicted octanol–water partition coefficient (Wildman–Crippen LogP) is 4.29. The topological polar surface area (TPSA) is 73.7 Å². The average Bonchev–Trinajstić information content (AvgIpc) is 2.85. The summed E-state index contributed by atoms with van der Waals surface area (Å²) in [7, 11) is -3.65. The van der Waals surface area contributed by atoms with Crippen LogP contribution in [-0.4, -0.2) is 66.0 Å². The Labute approximate surface area is 214 Å². The number of nitrogens with zero attached hydrogens (tertiary/aromatic N) is 3. The maximum atomic E-state index is 13.6. The van der Waals surface area contributed by atoms with Gasteiger partial charge in [0, 0.05) is 37.3 Å². The summed E-state index contributed by atoms with van der Waals surface area (Å²) in [5, 5.41) is 10.3. The molecule has 2 saturated heterocycles. The van der Waals surface area contributed by atoms with E-state index in [4.69, 9.17) is 0 Å². The average molecular weight is 506 g/mol. The molecule has 190 valence electrons. The first-order valence-electron chi connectivity index (χ1n) is 12.8. The Morgan fingerprint density at radius 1 is 0.972 bits per heavy atom. The third-order valence-corrected chi connectivity index (χ3v) is 10.1. The minimum absolute atomic E-state index is 0.00402. The number of rotatable bonds is 5. The van der Waals surface area contributed by atoms with Crippen molar-refractivity contribution in [2.75, 3.05) is 26.2 Å². The lowest BCUT2D eigenvalue weighted by Gasteiger charge is -2.57. The van der Waals surface area contributed by atoms with E-state index in [1.807, 2.05) is 0 Å². The lowest BCUT2D eigenvalue weighted by atomic mass is 9.74. The fourth-order valence-corrected chi connectivity index (χ4v) is 7.63. The lowest BCUT2D eigenvalue weighted by Crippen LogP contribution is -2.67. The Hall–Kier alpha value is -2.58. The zero-order chi connectivity index (χ0) is 25.4. The van der Waals surface area contributed by atoms with Crippen LogP contribution >= 0.6 is 0 Å². The van der Waals surface area contributed by atoms with E-state index < -0.39 is 10.0 Å². The molecule has 1 N–H and O–H groups in total. The molecule has 2 aliphatic heterocycles. The number of hydrogen-bond donors (Lipinski definition) is 1. The van der Waals surface area contributed by atoms with Gasteiger partial charge in [-0.1, -0.05) is 42.5 Å². The van der Waals surface area contributed by atoms with Crippen LogP contribution in [-0.2, 0) is 10.0 Å². The molecule has 3 heterocycles. The molecule has 0 spiro atoms. The third-order valence-electron chi connectivity index (χ3n) is 8.12. The molecule has 0 radical (unpaired) electrons. The summed E-state index contributed by atoms with van der Waals surface area (Å²) in [4.78, 5) is 6.80. The standard InChI is InChI=1S/C29H35N3O3S/c1-20-8-6-9-25(21(20)2)23-11-13-24(14-12-23)29-26-18-31(16-4-5-17-32(26)27(29)19-33)36(34,35)28-10-7-15-30-22(28)3/h6-15,26-27,29,33H,4-5,16-19H2,1-3H3/t26-,27+,29-/m0/s1. The van der Waals surface area contributed by atoms with Crippen LogP contribution in [0.4, 0.5) is 0 Å². The van der Waals surface area contributed by atoms with E-state index in [0.29, 0.717) is 18.8 Å². The Kier molecular flexibility index (Phi) is 7.01. The van der Waals surface area contributed by atoms with Crippen LogP contribution < -0.4 is 0 Å². The number of fused-ring (bicyclic) bond motifs is 1. The fourth-order valence-electron chi connectivity index (χ4n) is 5.96. The van der Waals surface area contributed by atoms with Crippen molar-refractivity contribution in [2.24, 2.45) is 0 Å². The number of aryl methyl sites for hydroxylation is 2. The smallest absolute Gasteiger partial charge is 0.244 e. The number of aliphatic hydroxyl groups is 1. The summed E-state index contributed by atoms with van der Waals surface area (Å²) in [5.74, 6) is 0.0773. The van der Waals surface area contributed by atoms with E-state index >= 15 is 0 Å². The van der Waals surface area contributed by atoms with Crippen LogP contribution in [0.3, 0.4) is 0 Å². The molecule has 2 aliphatic rings. The molecule has 2 fully saturated rings. The summed E-state index contributed by atoms with van der Waals surface area (Å²) in [6.07, 6.45) is 3.33. The van der Waals surface area contributed by atoms with E-state index in [-0.39, 0.29) is 29.5 Å². The Balaban J connectivity index is 1.44. The van der Waals surface area contributed by atoms with Crippen molar-refractivity contribution in [3.8, 4) is 11.1 Å². The van der Waals surface area contributed by atoms with E-state index in [9.17, 15) is 13.5 Å². The molecule has 3 aromatic rings. The van der Waals surface area contributed by atoms with Crippen molar-refractivity contribution in [3.05, 3.63) is 83.2 Å². The van der Waals surface area contributed by atoms with Gasteiger partial charge in [-0.3, -0.25) is 9.88 Å². The van der Waals surface area contributed by atoms with Gasteiger partial charge in [0.25, 0.3) is 0 Å². The number of aliphatic hydroxyl groups excluding tert-OH is 1. The summed E-state index contributed by atoms with van der Waals surface area (Å²) < 4.78 is 28.9. The highest BCUT2D eigenvalue weighted by molar-refractivity contribution is 7.89.